The second-order valence-corrected chi connectivity index (χ2v) is 3.84. The van der Waals surface area contributed by atoms with Crippen LogP contribution in [0.1, 0.15) is 36.1 Å². The maximum atomic E-state index is 10.7. The summed E-state index contributed by atoms with van der Waals surface area (Å²) in [6.45, 7) is 1.96. The van der Waals surface area contributed by atoms with Crippen molar-refractivity contribution in [2.45, 2.75) is 32.3 Å². The number of nitrogens with zero attached hydrogens (tertiary/aromatic N) is 1. The third-order valence-electron chi connectivity index (χ3n) is 2.56. The van der Waals surface area contributed by atoms with Crippen molar-refractivity contribution >= 4 is 5.97 Å². The van der Waals surface area contributed by atoms with Crippen LogP contribution in [-0.2, 0) is 17.6 Å². The molecule has 0 fully saturated rings. The SMILES string of the molecule is CCc1cc(CCC#N)cc(C(O)C(=O)O)c1. The number of aliphatic hydroxyl groups excluding tert-OH is 1. The van der Waals surface area contributed by atoms with E-state index in [0.717, 1.165) is 17.5 Å². The van der Waals surface area contributed by atoms with E-state index in [1.165, 1.54) is 0 Å². The summed E-state index contributed by atoms with van der Waals surface area (Å²) in [7, 11) is 0. The fraction of sp³-hybridized carbons (Fsp3) is 0.385. The van der Waals surface area contributed by atoms with Gasteiger partial charge in [-0.25, -0.2) is 4.79 Å². The largest absolute Gasteiger partial charge is 0.479 e. The van der Waals surface area contributed by atoms with E-state index >= 15 is 0 Å². The number of carboxylic acids is 1. The van der Waals surface area contributed by atoms with Crippen molar-refractivity contribution in [1.82, 2.24) is 0 Å². The van der Waals surface area contributed by atoms with Crippen LogP contribution in [0.5, 0.6) is 0 Å². The van der Waals surface area contributed by atoms with E-state index in [4.69, 9.17) is 10.4 Å². The first-order chi connectivity index (χ1) is 8.08. The van der Waals surface area contributed by atoms with E-state index in [9.17, 15) is 9.90 Å². The molecule has 0 spiro atoms. The van der Waals surface area contributed by atoms with Gasteiger partial charge in [0.2, 0.25) is 0 Å². The monoisotopic (exact) mass is 233 g/mol. The van der Waals surface area contributed by atoms with Crippen molar-refractivity contribution in [3.05, 3.63) is 34.9 Å². The van der Waals surface area contributed by atoms with E-state index in [-0.39, 0.29) is 0 Å². The molecule has 0 aliphatic rings. The molecule has 0 radical (unpaired) electrons. The van der Waals surface area contributed by atoms with Gasteiger partial charge in [0.05, 0.1) is 6.07 Å². The lowest BCUT2D eigenvalue weighted by Gasteiger charge is -2.10. The van der Waals surface area contributed by atoms with Crippen molar-refractivity contribution in [2.24, 2.45) is 0 Å². The van der Waals surface area contributed by atoms with Crippen LogP contribution >= 0.6 is 0 Å². The van der Waals surface area contributed by atoms with Crippen molar-refractivity contribution in [1.29, 1.82) is 5.26 Å². The number of hydrogen-bond donors (Lipinski definition) is 2. The fourth-order valence-corrected chi connectivity index (χ4v) is 1.64. The summed E-state index contributed by atoms with van der Waals surface area (Å²) in [5.74, 6) is -1.26. The fourth-order valence-electron chi connectivity index (χ4n) is 1.64. The second-order valence-electron chi connectivity index (χ2n) is 3.84. The third-order valence-corrected chi connectivity index (χ3v) is 2.56. The van der Waals surface area contributed by atoms with E-state index in [0.29, 0.717) is 18.4 Å². The standard InChI is InChI=1S/C13H15NO3/c1-2-9-6-10(4-3-5-14)8-11(7-9)12(15)13(16)17/h6-8,12,15H,2-4H2,1H3,(H,16,17). The zero-order chi connectivity index (χ0) is 12.8. The van der Waals surface area contributed by atoms with Crippen LogP contribution in [0.15, 0.2) is 18.2 Å². The van der Waals surface area contributed by atoms with E-state index < -0.39 is 12.1 Å². The molecule has 4 nitrogen and oxygen atoms in total. The molecule has 90 valence electrons. The summed E-state index contributed by atoms with van der Waals surface area (Å²) in [6.07, 6.45) is 0.224. The smallest absolute Gasteiger partial charge is 0.337 e. The molecule has 17 heavy (non-hydrogen) atoms. The Labute approximate surface area is 100 Å². The lowest BCUT2D eigenvalue weighted by atomic mass is 9.98. The first-order valence-electron chi connectivity index (χ1n) is 5.49. The number of nitriles is 1. The molecule has 0 aliphatic heterocycles. The number of aliphatic hydroxyl groups is 1. The first kappa shape index (κ1) is 13.2. The predicted octanol–water partition coefficient (Wildman–Crippen LogP) is 1.82. The maximum absolute atomic E-state index is 10.7. The Morgan fingerprint density at radius 1 is 1.41 bits per heavy atom. The molecule has 0 aromatic heterocycles. The van der Waals surface area contributed by atoms with Crippen LogP contribution < -0.4 is 0 Å². The number of aliphatic carboxylic acids is 1. The highest BCUT2D eigenvalue weighted by Gasteiger charge is 2.16. The lowest BCUT2D eigenvalue weighted by molar-refractivity contribution is -0.146. The van der Waals surface area contributed by atoms with Crippen molar-refractivity contribution in [2.75, 3.05) is 0 Å². The molecular formula is C13H15NO3. The van der Waals surface area contributed by atoms with Gasteiger partial charge in [-0.15, -0.1) is 0 Å². The molecule has 0 saturated heterocycles. The van der Waals surface area contributed by atoms with Gasteiger partial charge in [-0.2, -0.15) is 5.26 Å². The number of carbonyl (C=O) groups is 1. The minimum atomic E-state index is -1.50. The van der Waals surface area contributed by atoms with E-state index in [1.54, 1.807) is 12.1 Å². The molecule has 0 saturated carbocycles. The molecular weight excluding hydrogens is 218 g/mol. The zero-order valence-electron chi connectivity index (χ0n) is 9.68. The van der Waals surface area contributed by atoms with E-state index in [2.05, 4.69) is 0 Å². The molecule has 1 aromatic rings. The van der Waals surface area contributed by atoms with Crippen LogP contribution in [0, 0.1) is 11.3 Å². The summed E-state index contributed by atoms with van der Waals surface area (Å²) < 4.78 is 0. The topological polar surface area (TPSA) is 81.3 Å². The molecule has 0 aliphatic carbocycles. The molecule has 1 rings (SSSR count). The summed E-state index contributed by atoms with van der Waals surface area (Å²) in [5, 5.41) is 26.8. The Morgan fingerprint density at radius 2 is 2.06 bits per heavy atom. The number of hydrogen-bond acceptors (Lipinski definition) is 3. The Hall–Kier alpha value is -1.86. The molecule has 1 atom stereocenters. The third kappa shape index (κ3) is 3.58. The van der Waals surface area contributed by atoms with Crippen LogP contribution in [0.4, 0.5) is 0 Å². The zero-order valence-corrected chi connectivity index (χ0v) is 9.68. The molecule has 1 unspecified atom stereocenters. The Balaban J connectivity index is 3.05. The van der Waals surface area contributed by atoms with E-state index in [1.807, 2.05) is 19.1 Å². The normalized spacial score (nSPS) is 11.8. The summed E-state index contributed by atoms with van der Waals surface area (Å²) in [4.78, 5) is 10.7. The average molecular weight is 233 g/mol. The van der Waals surface area contributed by atoms with Crippen molar-refractivity contribution in [3.63, 3.8) is 0 Å². The quantitative estimate of drug-likeness (QED) is 0.812. The van der Waals surface area contributed by atoms with Gasteiger partial charge in [0, 0.05) is 6.42 Å². The van der Waals surface area contributed by atoms with Gasteiger partial charge in [-0.3, -0.25) is 0 Å². The molecule has 0 bridgehead atoms. The Morgan fingerprint density at radius 3 is 2.59 bits per heavy atom. The Kier molecular flexibility index (Phi) is 4.68. The molecule has 1 aromatic carbocycles. The number of aryl methyl sites for hydroxylation is 2. The number of benzene rings is 1. The van der Waals surface area contributed by atoms with Gasteiger partial charge in [0.1, 0.15) is 0 Å². The van der Waals surface area contributed by atoms with Gasteiger partial charge in [0.25, 0.3) is 0 Å². The van der Waals surface area contributed by atoms with Crippen LogP contribution in [-0.4, -0.2) is 16.2 Å². The second kappa shape index (κ2) is 6.02. The molecule has 0 amide bonds. The van der Waals surface area contributed by atoms with Crippen LogP contribution in [0.3, 0.4) is 0 Å². The summed E-state index contributed by atoms with van der Waals surface area (Å²) >= 11 is 0. The van der Waals surface area contributed by atoms with Gasteiger partial charge in [-0.05, 0) is 29.5 Å². The average Bonchev–Trinajstić information content (AvgIpc) is 2.34. The molecule has 4 heteroatoms. The molecule has 2 N–H and O–H groups in total. The van der Waals surface area contributed by atoms with Gasteiger partial charge < -0.3 is 10.2 Å². The summed E-state index contributed by atoms with van der Waals surface area (Å²) in [5.41, 5.74) is 2.24. The first-order valence-corrected chi connectivity index (χ1v) is 5.49. The number of rotatable bonds is 5. The van der Waals surface area contributed by atoms with Gasteiger partial charge >= 0.3 is 5.97 Å². The maximum Gasteiger partial charge on any atom is 0.337 e. The van der Waals surface area contributed by atoms with Gasteiger partial charge in [-0.1, -0.05) is 25.1 Å². The van der Waals surface area contributed by atoms with Crippen LogP contribution in [0.2, 0.25) is 0 Å². The van der Waals surface area contributed by atoms with Crippen molar-refractivity contribution in [3.8, 4) is 6.07 Å². The minimum absolute atomic E-state index is 0.379. The highest BCUT2D eigenvalue weighted by atomic mass is 16.4. The predicted molar refractivity (Wildman–Crippen MR) is 62.3 cm³/mol. The lowest BCUT2D eigenvalue weighted by Crippen LogP contribution is -2.11. The highest BCUT2D eigenvalue weighted by Crippen LogP contribution is 2.19. The Bertz CT molecular complexity index is 448. The highest BCUT2D eigenvalue weighted by molar-refractivity contribution is 5.74. The molecule has 0 heterocycles. The summed E-state index contributed by atoms with van der Waals surface area (Å²) in [6, 6.07) is 7.32. The van der Waals surface area contributed by atoms with Crippen molar-refractivity contribution < 1.29 is 15.0 Å². The van der Waals surface area contributed by atoms with Crippen LogP contribution in [0.25, 0.3) is 0 Å². The minimum Gasteiger partial charge on any atom is -0.479 e. The van der Waals surface area contributed by atoms with Gasteiger partial charge in [0.15, 0.2) is 6.10 Å². The number of carboxylic acid groups (broad SMARTS) is 1.